The van der Waals surface area contributed by atoms with Gasteiger partial charge in [0.15, 0.2) is 0 Å². The van der Waals surface area contributed by atoms with Gasteiger partial charge in [0.05, 0.1) is 0 Å². The molecule has 3 unspecified atom stereocenters. The Morgan fingerprint density at radius 1 is 1.44 bits per heavy atom. The van der Waals surface area contributed by atoms with Crippen LogP contribution in [-0.4, -0.2) is 17.8 Å². The molecule has 4 heteroatoms. The van der Waals surface area contributed by atoms with Crippen LogP contribution < -0.4 is 5.32 Å². The van der Waals surface area contributed by atoms with Crippen molar-refractivity contribution in [3.63, 3.8) is 0 Å². The number of nitriles is 1. The van der Waals surface area contributed by atoms with E-state index in [1.165, 1.54) is 11.3 Å². The molecule has 0 aliphatic carbocycles. The molecular weight excluding hydrogens is 220 g/mol. The van der Waals surface area contributed by atoms with Gasteiger partial charge in [-0.05, 0) is 31.9 Å². The van der Waals surface area contributed by atoms with Crippen LogP contribution in [0.4, 0.5) is 0 Å². The summed E-state index contributed by atoms with van der Waals surface area (Å²) in [5, 5.41) is 21.2. The SMILES string of the molecule is CC(NC(C)C(C)CO)c1ccc(C#N)s1. The average Bonchev–Trinajstić information content (AvgIpc) is 2.76. The molecule has 2 N–H and O–H groups in total. The summed E-state index contributed by atoms with van der Waals surface area (Å²) in [6, 6.07) is 6.44. The van der Waals surface area contributed by atoms with Crippen LogP contribution in [0.15, 0.2) is 12.1 Å². The Morgan fingerprint density at radius 3 is 2.62 bits per heavy atom. The quantitative estimate of drug-likeness (QED) is 0.827. The van der Waals surface area contributed by atoms with E-state index in [0.717, 1.165) is 9.75 Å². The maximum absolute atomic E-state index is 9.05. The Labute approximate surface area is 101 Å². The molecule has 3 nitrogen and oxygen atoms in total. The zero-order valence-electron chi connectivity index (χ0n) is 9.90. The van der Waals surface area contributed by atoms with E-state index in [9.17, 15) is 0 Å². The number of hydrogen-bond acceptors (Lipinski definition) is 4. The molecular formula is C12H18N2OS. The van der Waals surface area contributed by atoms with Gasteiger partial charge in [-0.1, -0.05) is 6.92 Å². The minimum atomic E-state index is 0.189. The number of rotatable bonds is 5. The lowest BCUT2D eigenvalue weighted by atomic mass is 10.0. The smallest absolute Gasteiger partial charge is 0.110 e. The van der Waals surface area contributed by atoms with Crippen LogP contribution in [0, 0.1) is 17.2 Å². The van der Waals surface area contributed by atoms with E-state index in [2.05, 4.69) is 25.2 Å². The fourth-order valence-corrected chi connectivity index (χ4v) is 2.26. The Hall–Kier alpha value is -0.890. The summed E-state index contributed by atoms with van der Waals surface area (Å²) in [6.07, 6.45) is 0. The van der Waals surface area contributed by atoms with Crippen molar-refractivity contribution in [1.82, 2.24) is 5.32 Å². The van der Waals surface area contributed by atoms with Crippen molar-refractivity contribution in [1.29, 1.82) is 5.26 Å². The van der Waals surface area contributed by atoms with Gasteiger partial charge in [-0.2, -0.15) is 5.26 Å². The lowest BCUT2D eigenvalue weighted by Crippen LogP contribution is -2.35. The largest absolute Gasteiger partial charge is 0.396 e. The van der Waals surface area contributed by atoms with Crippen LogP contribution in [0.1, 0.15) is 36.6 Å². The molecule has 1 aromatic rings. The first kappa shape index (κ1) is 13.2. The Balaban J connectivity index is 2.58. The van der Waals surface area contributed by atoms with Crippen molar-refractivity contribution in [2.24, 2.45) is 5.92 Å². The summed E-state index contributed by atoms with van der Waals surface area (Å²) in [7, 11) is 0. The van der Waals surface area contributed by atoms with E-state index in [1.54, 1.807) is 0 Å². The molecule has 0 amide bonds. The van der Waals surface area contributed by atoms with Gasteiger partial charge in [0.1, 0.15) is 10.9 Å². The molecule has 88 valence electrons. The van der Waals surface area contributed by atoms with Gasteiger partial charge in [-0.3, -0.25) is 0 Å². The second-order valence-electron chi connectivity index (χ2n) is 4.15. The summed E-state index contributed by atoms with van der Waals surface area (Å²) in [5.41, 5.74) is 0. The molecule has 0 fully saturated rings. The van der Waals surface area contributed by atoms with Crippen LogP contribution in [0.2, 0.25) is 0 Å². The van der Waals surface area contributed by atoms with Crippen LogP contribution in [0.3, 0.4) is 0 Å². The van der Waals surface area contributed by atoms with E-state index >= 15 is 0 Å². The van der Waals surface area contributed by atoms with Crippen molar-refractivity contribution < 1.29 is 5.11 Å². The lowest BCUT2D eigenvalue weighted by Gasteiger charge is -2.23. The normalized spacial score (nSPS) is 16.4. The number of hydrogen-bond donors (Lipinski definition) is 2. The lowest BCUT2D eigenvalue weighted by molar-refractivity contribution is 0.202. The van der Waals surface area contributed by atoms with Gasteiger partial charge in [-0.25, -0.2) is 0 Å². The summed E-state index contributed by atoms with van der Waals surface area (Å²) >= 11 is 1.52. The van der Waals surface area contributed by atoms with E-state index in [1.807, 2.05) is 19.1 Å². The predicted octanol–water partition coefficient (Wildman–Crippen LogP) is 2.29. The highest BCUT2D eigenvalue weighted by Crippen LogP contribution is 2.23. The maximum Gasteiger partial charge on any atom is 0.110 e. The van der Waals surface area contributed by atoms with Crippen LogP contribution in [0.5, 0.6) is 0 Å². The molecule has 0 radical (unpaired) electrons. The third-order valence-corrected chi connectivity index (χ3v) is 3.99. The molecule has 16 heavy (non-hydrogen) atoms. The minimum absolute atomic E-state index is 0.189. The van der Waals surface area contributed by atoms with E-state index in [4.69, 9.17) is 10.4 Å². The number of aliphatic hydroxyl groups excluding tert-OH is 1. The molecule has 0 aliphatic rings. The first-order valence-corrected chi connectivity index (χ1v) is 6.26. The molecule has 0 saturated heterocycles. The molecule has 0 aliphatic heterocycles. The molecule has 0 spiro atoms. The monoisotopic (exact) mass is 238 g/mol. The van der Waals surface area contributed by atoms with Crippen molar-refractivity contribution >= 4 is 11.3 Å². The van der Waals surface area contributed by atoms with Gasteiger partial charge < -0.3 is 10.4 Å². The fourth-order valence-electron chi connectivity index (χ4n) is 1.44. The second kappa shape index (κ2) is 6.00. The first-order chi connectivity index (χ1) is 7.58. The number of nitrogens with zero attached hydrogens (tertiary/aromatic N) is 1. The standard InChI is InChI=1S/C12H18N2OS/c1-8(7-15)9(2)14-10(3)12-5-4-11(6-13)16-12/h4-5,8-10,14-15H,7H2,1-3H3. The predicted molar refractivity (Wildman–Crippen MR) is 66.3 cm³/mol. The fraction of sp³-hybridized carbons (Fsp3) is 0.583. The number of aliphatic hydroxyl groups is 1. The van der Waals surface area contributed by atoms with Gasteiger partial charge in [-0.15, -0.1) is 11.3 Å². The highest BCUT2D eigenvalue weighted by atomic mass is 32.1. The van der Waals surface area contributed by atoms with Crippen LogP contribution in [0.25, 0.3) is 0 Å². The van der Waals surface area contributed by atoms with Crippen molar-refractivity contribution in [2.45, 2.75) is 32.9 Å². The average molecular weight is 238 g/mol. The molecule has 0 bridgehead atoms. The number of thiophene rings is 1. The minimum Gasteiger partial charge on any atom is -0.396 e. The molecule has 3 atom stereocenters. The third-order valence-electron chi connectivity index (χ3n) is 2.82. The Kier molecular flexibility index (Phi) is 4.94. The van der Waals surface area contributed by atoms with Crippen molar-refractivity contribution in [3.05, 3.63) is 21.9 Å². The molecule has 1 heterocycles. The zero-order valence-corrected chi connectivity index (χ0v) is 10.7. The second-order valence-corrected chi connectivity index (χ2v) is 5.27. The van der Waals surface area contributed by atoms with Crippen molar-refractivity contribution in [2.75, 3.05) is 6.61 Å². The summed E-state index contributed by atoms with van der Waals surface area (Å²) in [4.78, 5) is 1.90. The van der Waals surface area contributed by atoms with E-state index < -0.39 is 0 Å². The van der Waals surface area contributed by atoms with E-state index in [0.29, 0.717) is 0 Å². The van der Waals surface area contributed by atoms with Crippen molar-refractivity contribution in [3.8, 4) is 6.07 Å². The third kappa shape index (κ3) is 3.31. The first-order valence-electron chi connectivity index (χ1n) is 5.45. The van der Waals surface area contributed by atoms with Gasteiger partial charge in [0.25, 0.3) is 0 Å². The van der Waals surface area contributed by atoms with Gasteiger partial charge >= 0.3 is 0 Å². The maximum atomic E-state index is 9.05. The van der Waals surface area contributed by atoms with Gasteiger partial charge in [0.2, 0.25) is 0 Å². The zero-order chi connectivity index (χ0) is 12.1. The summed E-state index contributed by atoms with van der Waals surface area (Å²) < 4.78 is 0. The van der Waals surface area contributed by atoms with Crippen LogP contribution in [-0.2, 0) is 0 Å². The molecule has 1 aromatic heterocycles. The Morgan fingerprint density at radius 2 is 2.12 bits per heavy atom. The molecule has 0 aromatic carbocycles. The van der Waals surface area contributed by atoms with E-state index in [-0.39, 0.29) is 24.6 Å². The summed E-state index contributed by atoms with van der Waals surface area (Å²) in [6.45, 7) is 6.35. The highest BCUT2D eigenvalue weighted by Gasteiger charge is 2.15. The Bertz CT molecular complexity index is 369. The van der Waals surface area contributed by atoms with Gasteiger partial charge in [0, 0.05) is 23.6 Å². The molecule has 0 saturated carbocycles. The summed E-state index contributed by atoms with van der Waals surface area (Å²) in [5.74, 6) is 0.234. The topological polar surface area (TPSA) is 56.0 Å². The molecule has 1 rings (SSSR count). The van der Waals surface area contributed by atoms with Crippen LogP contribution >= 0.6 is 11.3 Å². The highest BCUT2D eigenvalue weighted by molar-refractivity contribution is 7.12. The number of nitrogens with one attached hydrogen (secondary N) is 1.